The van der Waals surface area contributed by atoms with Gasteiger partial charge in [-0.3, -0.25) is 38.6 Å². The number of carbonyl (C=O) groups is 7. The Bertz CT molecular complexity index is 1880. The Morgan fingerprint density at radius 2 is 1.32 bits per heavy atom. The van der Waals surface area contributed by atoms with Crippen molar-refractivity contribution in [1.29, 1.82) is 0 Å². The molecule has 2 aromatic rings. The van der Waals surface area contributed by atoms with Crippen molar-refractivity contribution in [1.82, 2.24) is 26.6 Å². The normalized spacial score (nSPS) is 13.6. The van der Waals surface area contributed by atoms with Gasteiger partial charge in [0.25, 0.3) is 0 Å². The van der Waals surface area contributed by atoms with Crippen molar-refractivity contribution >= 4 is 59.6 Å². The van der Waals surface area contributed by atoms with E-state index >= 15 is 0 Å². The lowest BCUT2D eigenvalue weighted by Crippen LogP contribution is -2.61. The third-order valence-electron chi connectivity index (χ3n) is 7.98. The number of fused-ring (bicyclic) bond motifs is 2. The molecule has 0 radical (unpaired) electrons. The van der Waals surface area contributed by atoms with Gasteiger partial charge in [0.1, 0.15) is 24.3 Å². The van der Waals surface area contributed by atoms with Crippen LogP contribution in [0.15, 0.2) is 53.5 Å². The maximum atomic E-state index is 13.6. The Morgan fingerprint density at radius 1 is 0.772 bits per heavy atom. The number of hydrogen-bond acceptors (Lipinski definition) is 12. The Kier molecular flexibility index (Phi) is 14.8. The first-order valence-electron chi connectivity index (χ1n) is 17.3. The van der Waals surface area contributed by atoms with E-state index in [1.54, 1.807) is 36.4 Å². The van der Waals surface area contributed by atoms with Crippen LogP contribution in [0.3, 0.4) is 0 Å². The van der Waals surface area contributed by atoms with E-state index in [9.17, 15) is 38.7 Å². The van der Waals surface area contributed by atoms with Crippen LogP contribution >= 0.6 is 0 Å². The fraction of sp³-hybridized carbons (Fsp3) is 0.333. The lowest BCUT2D eigenvalue weighted by Gasteiger charge is -2.31. The van der Waals surface area contributed by atoms with Crippen molar-refractivity contribution in [2.24, 2.45) is 16.5 Å². The van der Waals surface area contributed by atoms with E-state index in [1.165, 1.54) is 31.2 Å². The van der Waals surface area contributed by atoms with Gasteiger partial charge < -0.3 is 67.2 Å². The number of nitrogens with two attached hydrogens (primary N) is 2. The minimum atomic E-state index is -1.79. The number of benzene rings is 2. The predicted octanol–water partition coefficient (Wildman–Crippen LogP) is -1.09. The summed E-state index contributed by atoms with van der Waals surface area (Å²) < 4.78 is 21.3. The first-order chi connectivity index (χ1) is 27.1. The average Bonchev–Trinajstić information content (AvgIpc) is 3.81. The topological polar surface area (TPSA) is 321 Å². The van der Waals surface area contributed by atoms with Crippen molar-refractivity contribution in [2.75, 3.05) is 26.7 Å². The van der Waals surface area contributed by atoms with Crippen LogP contribution in [0.1, 0.15) is 43.7 Å². The number of carboxylic acid groups (broad SMARTS) is 2. The zero-order valence-electron chi connectivity index (χ0n) is 30.6. The molecule has 0 saturated carbocycles. The number of rotatable bonds is 20. The summed E-state index contributed by atoms with van der Waals surface area (Å²) in [5.74, 6) is -5.52. The molecule has 4 rings (SSSR count). The number of carbonyl (C=O) groups excluding carboxylic acids is 5. The maximum absolute atomic E-state index is 13.6. The number of guanidine groups is 1. The van der Waals surface area contributed by atoms with E-state index in [0.717, 1.165) is 0 Å². The van der Waals surface area contributed by atoms with Gasteiger partial charge in [-0.1, -0.05) is 12.1 Å². The number of amides is 5. The Labute approximate surface area is 324 Å². The van der Waals surface area contributed by atoms with Crippen molar-refractivity contribution < 1.29 is 62.7 Å². The Balaban J connectivity index is 1.53. The zero-order valence-corrected chi connectivity index (χ0v) is 30.6. The first kappa shape index (κ1) is 42.4. The van der Waals surface area contributed by atoms with Crippen LogP contribution in [0.2, 0.25) is 0 Å². The van der Waals surface area contributed by atoms with Crippen LogP contribution in [0.5, 0.6) is 23.0 Å². The lowest BCUT2D eigenvalue weighted by atomic mass is 10.0. The van der Waals surface area contributed by atoms with E-state index in [-0.39, 0.29) is 38.9 Å². The van der Waals surface area contributed by atoms with Gasteiger partial charge in [0.05, 0.1) is 12.8 Å². The van der Waals surface area contributed by atoms with Gasteiger partial charge >= 0.3 is 11.9 Å². The van der Waals surface area contributed by atoms with E-state index in [4.69, 9.17) is 35.5 Å². The van der Waals surface area contributed by atoms with Crippen LogP contribution in [-0.4, -0.2) is 102 Å². The van der Waals surface area contributed by atoms with Gasteiger partial charge in [-0.25, -0.2) is 0 Å². The number of nitrogens with one attached hydrogen (secondary N) is 5. The summed E-state index contributed by atoms with van der Waals surface area (Å²) >= 11 is 0. The molecule has 21 heteroatoms. The highest BCUT2D eigenvalue weighted by Gasteiger charge is 2.33. The van der Waals surface area contributed by atoms with Crippen molar-refractivity contribution in [2.45, 2.75) is 50.4 Å². The van der Waals surface area contributed by atoms with Crippen LogP contribution in [-0.2, 0) is 33.6 Å². The highest BCUT2D eigenvalue weighted by molar-refractivity contribution is 5.97. The highest BCUT2D eigenvalue weighted by atomic mass is 16.7. The van der Waals surface area contributed by atoms with Crippen LogP contribution in [0.4, 0.5) is 0 Å². The number of aliphatic imine (C=N–C) groups is 1. The lowest BCUT2D eigenvalue weighted by molar-refractivity contribution is -0.142. The van der Waals surface area contributed by atoms with Crippen molar-refractivity contribution in [3.05, 3.63) is 59.7 Å². The van der Waals surface area contributed by atoms with Gasteiger partial charge in [-0.05, 0) is 67.3 Å². The minimum absolute atomic E-state index is 0.0227. The van der Waals surface area contributed by atoms with E-state index < -0.39 is 78.6 Å². The molecule has 0 bridgehead atoms. The number of hydrogen-bond donors (Lipinski definition) is 9. The zero-order chi connectivity index (χ0) is 41.5. The van der Waals surface area contributed by atoms with E-state index in [0.29, 0.717) is 34.1 Å². The average molecular weight is 795 g/mol. The summed E-state index contributed by atoms with van der Waals surface area (Å²) in [6.45, 7) is 0.632. The molecule has 57 heavy (non-hydrogen) atoms. The summed E-state index contributed by atoms with van der Waals surface area (Å²) in [6.07, 6.45) is 3.70. The minimum Gasteiger partial charge on any atom is -0.481 e. The molecule has 2 aliphatic heterocycles. The molecule has 2 aliphatic rings. The molecule has 11 N–H and O–H groups in total. The molecule has 0 aliphatic carbocycles. The van der Waals surface area contributed by atoms with E-state index in [2.05, 4.69) is 26.3 Å². The van der Waals surface area contributed by atoms with Gasteiger partial charge in [0.15, 0.2) is 29.0 Å². The Hall–Kier alpha value is -7.32. The van der Waals surface area contributed by atoms with Gasteiger partial charge in [0.2, 0.25) is 43.1 Å². The van der Waals surface area contributed by atoms with Crippen LogP contribution < -0.4 is 57.0 Å². The summed E-state index contributed by atoms with van der Waals surface area (Å²) in [7, 11) is 0. The second kappa shape index (κ2) is 19.8. The predicted molar refractivity (Wildman–Crippen MR) is 199 cm³/mol. The highest BCUT2D eigenvalue weighted by Crippen LogP contribution is 2.33. The van der Waals surface area contributed by atoms with Gasteiger partial charge in [-0.15, -0.1) is 0 Å². The molecule has 304 valence electrons. The number of nitrogens with zero attached hydrogens (tertiary/aromatic N) is 1. The molecule has 2 atom stereocenters. The van der Waals surface area contributed by atoms with Gasteiger partial charge in [0, 0.05) is 18.7 Å². The molecule has 21 nitrogen and oxygen atoms in total. The number of ether oxygens (including phenoxy) is 4. The molecule has 2 heterocycles. The molecule has 0 aromatic heterocycles. The van der Waals surface area contributed by atoms with Crippen LogP contribution in [0.25, 0.3) is 12.2 Å². The summed E-state index contributed by atoms with van der Waals surface area (Å²) in [6, 6.07) is 6.84. The first-order valence-corrected chi connectivity index (χ1v) is 17.3. The molecular weight excluding hydrogens is 752 g/mol. The fourth-order valence-corrected chi connectivity index (χ4v) is 5.41. The van der Waals surface area contributed by atoms with Crippen molar-refractivity contribution in [3.8, 4) is 23.0 Å². The molecule has 5 amide bonds. The van der Waals surface area contributed by atoms with Gasteiger partial charge in [-0.2, -0.15) is 0 Å². The summed E-state index contributed by atoms with van der Waals surface area (Å²) in [5.41, 5.74) is 10.1. The van der Waals surface area contributed by atoms with E-state index in [1.807, 2.05) is 5.32 Å². The van der Waals surface area contributed by atoms with Crippen LogP contribution in [0, 0.1) is 0 Å². The number of carboxylic acids is 2. The molecule has 0 spiro atoms. The molecule has 2 aromatic carbocycles. The third-order valence-corrected chi connectivity index (χ3v) is 7.98. The summed E-state index contributed by atoms with van der Waals surface area (Å²) in [5, 5.41) is 30.2. The molecule has 0 unspecified atom stereocenters. The summed E-state index contributed by atoms with van der Waals surface area (Å²) in [4.78, 5) is 92.4. The Morgan fingerprint density at radius 3 is 1.82 bits per heavy atom. The second-order valence-electron chi connectivity index (χ2n) is 12.7. The molecule has 0 fully saturated rings. The quantitative estimate of drug-likeness (QED) is 0.0253. The van der Waals surface area contributed by atoms with Crippen molar-refractivity contribution in [3.63, 3.8) is 0 Å². The largest absolute Gasteiger partial charge is 0.481 e. The molecular formula is C36H42N8O13. The molecule has 0 saturated heterocycles. The number of aliphatic carboxylic acids is 2. The smallest absolute Gasteiger partial charge is 0.322 e. The fourth-order valence-electron chi connectivity index (χ4n) is 5.41. The maximum Gasteiger partial charge on any atom is 0.322 e. The third kappa shape index (κ3) is 13.8. The monoisotopic (exact) mass is 794 g/mol. The SMILES string of the molecule is CC(CC(=O)N[C@@H](CCCN=C(N)N)C(=O)N[C@@H](CC(=O)O)C(=O)NCC(=O)O)(NC(=O)/C=C/c1ccc2c(c1)OCO2)NC(=O)/C=C/c1ccc2c(c1)OCO2. The second-order valence-corrected chi connectivity index (χ2v) is 12.7. The standard InChI is InChI=1S/C36H42N8O13/c1-36(43-28(45)10-6-20-4-8-24-26(13-20)56-18-54-24,44-29(46)11-7-21-5-9-25-27(14-21)57-19-55-25)16-30(47)41-22(3-2-12-39-35(37)38)34(53)42-23(15-31(48)49)33(52)40-17-32(50)51/h4-11,13-14,22-23H,2-3,12,15-19H2,1H3,(H,40,52)(H,41,47)(H,42,53)(H,43,45)(H,44,46)(H,48,49)(H,50,51)(H4,37,38,39)/b10-6+,11-7+/t22-,23-/m0/s1.